The monoisotopic (exact) mass is 333 g/mol. The molecule has 0 radical (unpaired) electrons. The van der Waals surface area contributed by atoms with Crippen LogP contribution in [0.5, 0.6) is 0 Å². The van der Waals surface area contributed by atoms with Gasteiger partial charge in [-0.2, -0.15) is 0 Å². The van der Waals surface area contributed by atoms with Crippen molar-refractivity contribution in [2.45, 2.75) is 71.2 Å². The van der Waals surface area contributed by atoms with E-state index in [0.29, 0.717) is 12.5 Å². The molecule has 1 aromatic rings. The van der Waals surface area contributed by atoms with Gasteiger partial charge in [0.1, 0.15) is 5.82 Å². The molecule has 1 saturated heterocycles. The van der Waals surface area contributed by atoms with Crippen LogP contribution < -0.4 is 10.6 Å². The van der Waals surface area contributed by atoms with E-state index in [4.69, 9.17) is 4.74 Å². The number of aryl methyl sites for hydroxylation is 1. The normalized spacial score (nSPS) is 30.7. The van der Waals surface area contributed by atoms with Gasteiger partial charge in [0, 0.05) is 36.9 Å². The summed E-state index contributed by atoms with van der Waals surface area (Å²) in [6.07, 6.45) is 5.87. The first-order valence-electron chi connectivity index (χ1n) is 9.14. The van der Waals surface area contributed by atoms with Crippen molar-refractivity contribution in [2.75, 3.05) is 6.61 Å². The van der Waals surface area contributed by atoms with Crippen LogP contribution in [-0.2, 0) is 24.2 Å². The highest BCUT2D eigenvalue weighted by atomic mass is 16.5. The van der Waals surface area contributed by atoms with Crippen molar-refractivity contribution < 1.29 is 9.53 Å². The third-order valence-electron chi connectivity index (χ3n) is 5.98. The molecule has 3 heterocycles. The van der Waals surface area contributed by atoms with Gasteiger partial charge in [0.2, 0.25) is 0 Å². The molecule has 1 aromatic heterocycles. The molecule has 3 aliphatic rings. The fraction of sp³-hybridized carbons (Fsp3) is 0.824. The van der Waals surface area contributed by atoms with E-state index in [0.717, 1.165) is 44.1 Å². The van der Waals surface area contributed by atoms with Gasteiger partial charge in [-0.05, 0) is 19.3 Å². The van der Waals surface area contributed by atoms with E-state index in [1.807, 2.05) is 0 Å². The summed E-state index contributed by atoms with van der Waals surface area (Å²) < 4.78 is 7.95. The molecule has 0 bridgehead atoms. The predicted octanol–water partition coefficient (Wildman–Crippen LogP) is 1.62. The van der Waals surface area contributed by atoms with Gasteiger partial charge in [-0.3, -0.25) is 0 Å². The van der Waals surface area contributed by atoms with E-state index in [9.17, 15) is 4.79 Å². The second-order valence-corrected chi connectivity index (χ2v) is 7.86. The number of fused-ring (bicyclic) bond motifs is 2. The molecular weight excluding hydrogens is 306 g/mol. The Morgan fingerprint density at radius 2 is 2.21 bits per heavy atom. The Bertz CT molecular complexity index is 626. The number of urea groups is 1. The number of carbonyl (C=O) groups excluding carboxylic acids is 1. The Kier molecular flexibility index (Phi) is 3.98. The van der Waals surface area contributed by atoms with Gasteiger partial charge >= 0.3 is 6.03 Å². The molecule has 0 spiro atoms. The fourth-order valence-electron chi connectivity index (χ4n) is 4.64. The van der Waals surface area contributed by atoms with Crippen molar-refractivity contribution in [3.8, 4) is 0 Å². The van der Waals surface area contributed by atoms with E-state index in [1.165, 1.54) is 12.8 Å². The van der Waals surface area contributed by atoms with Crippen LogP contribution in [-0.4, -0.2) is 39.5 Å². The molecule has 4 rings (SSSR count). The lowest BCUT2D eigenvalue weighted by atomic mass is 9.57. The molecule has 0 unspecified atom stereocenters. The lowest BCUT2D eigenvalue weighted by Gasteiger charge is -2.54. The Morgan fingerprint density at radius 1 is 1.33 bits per heavy atom. The number of aromatic nitrogens is 3. The first kappa shape index (κ1) is 15.9. The zero-order valence-corrected chi connectivity index (χ0v) is 14.5. The van der Waals surface area contributed by atoms with Crippen LogP contribution in [0.25, 0.3) is 0 Å². The molecule has 2 aliphatic heterocycles. The minimum atomic E-state index is -0.121. The number of rotatable bonds is 3. The number of nitrogens with one attached hydrogen (secondary N) is 2. The van der Waals surface area contributed by atoms with Gasteiger partial charge < -0.3 is 19.9 Å². The molecule has 2 N–H and O–H groups in total. The molecule has 3 atom stereocenters. The average molecular weight is 333 g/mol. The summed E-state index contributed by atoms with van der Waals surface area (Å²) in [5.41, 5.74) is 0.00442. The third-order valence-corrected chi connectivity index (χ3v) is 5.98. The van der Waals surface area contributed by atoms with Crippen LogP contribution in [0.4, 0.5) is 4.79 Å². The summed E-state index contributed by atoms with van der Waals surface area (Å²) >= 11 is 0. The number of nitrogens with zero attached hydrogens (tertiary/aromatic N) is 3. The third kappa shape index (κ3) is 2.59. The number of amides is 2. The van der Waals surface area contributed by atoms with E-state index < -0.39 is 0 Å². The number of hydrogen-bond donors (Lipinski definition) is 2. The fourth-order valence-corrected chi connectivity index (χ4v) is 4.64. The Morgan fingerprint density at radius 3 is 3.08 bits per heavy atom. The highest BCUT2D eigenvalue weighted by Gasteiger charge is 2.59. The standard InChI is InChI=1S/C17H27N5O2/c1-17(2)14(11-7-9-24-15(11)17)19-16(23)18-10-13-21-20-12-6-4-3-5-8-22(12)13/h11,14-15H,3-10H2,1-2H3,(H2,18,19,23)/t11-,14-,15-/m1/s1. The lowest BCUT2D eigenvalue weighted by molar-refractivity contribution is -0.108. The second kappa shape index (κ2) is 6.02. The van der Waals surface area contributed by atoms with Crippen molar-refractivity contribution in [1.82, 2.24) is 25.4 Å². The number of carbonyl (C=O) groups is 1. The molecule has 1 aliphatic carbocycles. The highest BCUT2D eigenvalue weighted by molar-refractivity contribution is 5.74. The minimum absolute atomic E-state index is 0.00442. The Hall–Kier alpha value is -1.63. The summed E-state index contributed by atoms with van der Waals surface area (Å²) in [5, 5.41) is 14.6. The molecular formula is C17H27N5O2. The van der Waals surface area contributed by atoms with Crippen LogP contribution >= 0.6 is 0 Å². The van der Waals surface area contributed by atoms with E-state index >= 15 is 0 Å². The van der Waals surface area contributed by atoms with Crippen molar-refractivity contribution in [3.05, 3.63) is 11.6 Å². The molecule has 2 amide bonds. The smallest absolute Gasteiger partial charge is 0.315 e. The summed E-state index contributed by atoms with van der Waals surface area (Å²) in [6.45, 7) is 6.53. The first-order chi connectivity index (χ1) is 11.6. The lowest BCUT2D eigenvalue weighted by Crippen LogP contribution is -2.67. The summed E-state index contributed by atoms with van der Waals surface area (Å²) in [6, 6.07) is 0.0601. The van der Waals surface area contributed by atoms with E-state index in [2.05, 4.69) is 39.2 Å². The summed E-state index contributed by atoms with van der Waals surface area (Å²) in [7, 11) is 0. The van der Waals surface area contributed by atoms with Gasteiger partial charge in [-0.15, -0.1) is 10.2 Å². The van der Waals surface area contributed by atoms with Crippen LogP contribution in [0, 0.1) is 11.3 Å². The van der Waals surface area contributed by atoms with E-state index in [1.54, 1.807) is 0 Å². The van der Waals surface area contributed by atoms with Crippen molar-refractivity contribution in [2.24, 2.45) is 11.3 Å². The SMILES string of the molecule is CC1(C)[C@H](NC(=O)NCc2nnc3n2CCCCC3)[C@H]2CCO[C@H]21. The van der Waals surface area contributed by atoms with Crippen LogP contribution in [0.2, 0.25) is 0 Å². The Balaban J connectivity index is 1.34. The quantitative estimate of drug-likeness (QED) is 0.881. The predicted molar refractivity (Wildman–Crippen MR) is 88.4 cm³/mol. The highest BCUT2D eigenvalue weighted by Crippen LogP contribution is 2.52. The maximum Gasteiger partial charge on any atom is 0.315 e. The number of hydrogen-bond acceptors (Lipinski definition) is 4. The topological polar surface area (TPSA) is 81.1 Å². The van der Waals surface area contributed by atoms with E-state index in [-0.39, 0.29) is 23.6 Å². The average Bonchev–Trinajstić information content (AvgIpc) is 3.10. The van der Waals surface area contributed by atoms with Crippen LogP contribution in [0.15, 0.2) is 0 Å². The molecule has 1 saturated carbocycles. The van der Waals surface area contributed by atoms with Gasteiger partial charge in [-0.25, -0.2) is 4.79 Å². The number of ether oxygens (including phenoxy) is 1. The van der Waals surface area contributed by atoms with Gasteiger partial charge in [-0.1, -0.05) is 20.3 Å². The van der Waals surface area contributed by atoms with Crippen molar-refractivity contribution in [1.29, 1.82) is 0 Å². The molecule has 7 nitrogen and oxygen atoms in total. The van der Waals surface area contributed by atoms with Gasteiger partial charge in [0.15, 0.2) is 5.82 Å². The molecule has 132 valence electrons. The van der Waals surface area contributed by atoms with Crippen LogP contribution in [0.3, 0.4) is 0 Å². The molecule has 2 fully saturated rings. The minimum Gasteiger partial charge on any atom is -0.377 e. The van der Waals surface area contributed by atoms with Crippen molar-refractivity contribution in [3.63, 3.8) is 0 Å². The summed E-state index contributed by atoms with van der Waals surface area (Å²) in [4.78, 5) is 12.3. The Labute approximate surface area is 142 Å². The first-order valence-corrected chi connectivity index (χ1v) is 9.14. The summed E-state index contributed by atoms with van der Waals surface area (Å²) in [5.74, 6) is 2.36. The molecule has 24 heavy (non-hydrogen) atoms. The maximum atomic E-state index is 12.3. The zero-order valence-electron chi connectivity index (χ0n) is 14.5. The van der Waals surface area contributed by atoms with Gasteiger partial charge in [0.25, 0.3) is 0 Å². The van der Waals surface area contributed by atoms with Crippen molar-refractivity contribution >= 4 is 6.03 Å². The van der Waals surface area contributed by atoms with Gasteiger partial charge in [0.05, 0.1) is 12.6 Å². The zero-order chi connectivity index (χ0) is 16.7. The maximum absolute atomic E-state index is 12.3. The second-order valence-electron chi connectivity index (χ2n) is 7.86. The molecule has 7 heteroatoms. The molecule has 0 aromatic carbocycles. The largest absolute Gasteiger partial charge is 0.377 e. The van der Waals surface area contributed by atoms with Crippen LogP contribution in [0.1, 0.15) is 51.2 Å².